The summed E-state index contributed by atoms with van der Waals surface area (Å²) in [7, 11) is 1.62. The topological polar surface area (TPSA) is 101 Å². The normalized spacial score (nSPS) is 13.7. The zero-order valence-electron chi connectivity index (χ0n) is 21.2. The van der Waals surface area contributed by atoms with Crippen molar-refractivity contribution in [1.82, 2.24) is 19.7 Å². The zero-order valence-corrected chi connectivity index (χ0v) is 21.2. The SMILES string of the molecule is Cc1c(C(=O)NC/C=C/c2ccc3c(c2)NC(=O)/C3=C\c2ccc[nH]2)c(=O)n(Cc2ccc(F)c(F)c2)n1C. The number of fused-ring (bicyclic) bond motifs is 1. The molecule has 2 amide bonds. The number of nitrogens with zero attached hydrogens (tertiary/aromatic N) is 2. The van der Waals surface area contributed by atoms with Crippen LogP contribution in [0.2, 0.25) is 0 Å². The van der Waals surface area contributed by atoms with Crippen LogP contribution in [0.25, 0.3) is 17.7 Å². The number of hydrogen-bond donors (Lipinski definition) is 3. The molecule has 1 aliphatic heterocycles. The molecule has 0 aliphatic carbocycles. The molecule has 10 heteroatoms. The van der Waals surface area contributed by atoms with E-state index in [0.717, 1.165) is 29.0 Å². The van der Waals surface area contributed by atoms with Crippen molar-refractivity contribution in [2.75, 3.05) is 11.9 Å². The second-order valence-electron chi connectivity index (χ2n) is 9.15. The van der Waals surface area contributed by atoms with Crippen LogP contribution in [-0.4, -0.2) is 32.7 Å². The summed E-state index contributed by atoms with van der Waals surface area (Å²) in [6, 6.07) is 12.7. The number of benzene rings is 2. The molecule has 3 N–H and O–H groups in total. The van der Waals surface area contributed by atoms with Gasteiger partial charge in [0.25, 0.3) is 17.4 Å². The number of aromatic amines is 1. The van der Waals surface area contributed by atoms with E-state index in [1.165, 1.54) is 15.4 Å². The summed E-state index contributed by atoms with van der Waals surface area (Å²) >= 11 is 0. The molecule has 0 spiro atoms. The van der Waals surface area contributed by atoms with Gasteiger partial charge < -0.3 is 15.6 Å². The number of halogens is 2. The van der Waals surface area contributed by atoms with Crippen LogP contribution in [-0.2, 0) is 18.4 Å². The summed E-state index contributed by atoms with van der Waals surface area (Å²) in [4.78, 5) is 41.3. The highest BCUT2D eigenvalue weighted by molar-refractivity contribution is 6.34. The second-order valence-corrected chi connectivity index (χ2v) is 9.15. The van der Waals surface area contributed by atoms with E-state index in [1.807, 2.05) is 30.3 Å². The summed E-state index contributed by atoms with van der Waals surface area (Å²) in [6.45, 7) is 1.79. The molecule has 8 nitrogen and oxygen atoms in total. The van der Waals surface area contributed by atoms with Crippen LogP contribution >= 0.6 is 0 Å². The van der Waals surface area contributed by atoms with Crippen LogP contribution in [0.4, 0.5) is 14.5 Å². The number of carbonyl (C=O) groups is 2. The Balaban J connectivity index is 1.25. The summed E-state index contributed by atoms with van der Waals surface area (Å²) < 4.78 is 29.7. The lowest BCUT2D eigenvalue weighted by Crippen LogP contribution is -2.31. The van der Waals surface area contributed by atoms with Gasteiger partial charge >= 0.3 is 0 Å². The lowest BCUT2D eigenvalue weighted by Gasteiger charge is -2.08. The number of carbonyl (C=O) groups excluding carboxylic acids is 2. The number of aromatic nitrogens is 3. The van der Waals surface area contributed by atoms with Crippen LogP contribution in [0.5, 0.6) is 0 Å². The lowest BCUT2D eigenvalue weighted by atomic mass is 10.0. The smallest absolute Gasteiger partial charge is 0.280 e. The largest absolute Gasteiger partial charge is 0.362 e. The average Bonchev–Trinajstić information content (AvgIpc) is 3.59. The fourth-order valence-corrected chi connectivity index (χ4v) is 4.50. The fraction of sp³-hybridized carbons (Fsp3) is 0.138. The van der Waals surface area contributed by atoms with Gasteiger partial charge in [-0.1, -0.05) is 30.4 Å². The quantitative estimate of drug-likeness (QED) is 0.315. The van der Waals surface area contributed by atoms with Gasteiger partial charge in [0.1, 0.15) is 5.56 Å². The first-order valence-electron chi connectivity index (χ1n) is 12.2. The molecule has 198 valence electrons. The fourth-order valence-electron chi connectivity index (χ4n) is 4.50. The first kappa shape index (κ1) is 25.7. The molecule has 39 heavy (non-hydrogen) atoms. The Morgan fingerprint density at radius 1 is 1.08 bits per heavy atom. The zero-order chi connectivity index (χ0) is 27.7. The minimum Gasteiger partial charge on any atom is -0.362 e. The Morgan fingerprint density at radius 2 is 1.90 bits per heavy atom. The highest BCUT2D eigenvalue weighted by atomic mass is 19.2. The molecule has 1 aliphatic rings. The molecule has 3 heterocycles. The minimum absolute atomic E-state index is 0.0165. The van der Waals surface area contributed by atoms with Crippen molar-refractivity contribution in [1.29, 1.82) is 0 Å². The maximum Gasteiger partial charge on any atom is 0.280 e. The standard InChI is InChI=1S/C29H25F2N5O3/c1-17-26(29(39)36(35(17)2)16-19-8-10-23(30)24(31)13-19)28(38)33-12-3-5-18-7-9-21-22(15-20-6-4-11-32-20)27(37)34-25(21)14-18/h3-11,13-15,32H,12,16H2,1-2H3,(H,33,38)(H,34,37)/b5-3+,22-15-. The predicted molar refractivity (Wildman–Crippen MR) is 145 cm³/mol. The molecule has 2 aromatic carbocycles. The van der Waals surface area contributed by atoms with Gasteiger partial charge in [-0.05, 0) is 54.5 Å². The van der Waals surface area contributed by atoms with Gasteiger partial charge in [0.2, 0.25) is 0 Å². The van der Waals surface area contributed by atoms with E-state index in [2.05, 4.69) is 15.6 Å². The van der Waals surface area contributed by atoms with Crippen molar-refractivity contribution in [3.63, 3.8) is 0 Å². The Labute approximate surface area is 222 Å². The van der Waals surface area contributed by atoms with Crippen LogP contribution in [0.3, 0.4) is 0 Å². The number of anilines is 1. The molecular weight excluding hydrogens is 504 g/mol. The van der Waals surface area contributed by atoms with Gasteiger partial charge in [0.15, 0.2) is 11.6 Å². The number of nitrogens with one attached hydrogen (secondary N) is 3. The van der Waals surface area contributed by atoms with E-state index in [4.69, 9.17) is 0 Å². The van der Waals surface area contributed by atoms with Crippen molar-refractivity contribution in [3.05, 3.63) is 116 Å². The molecule has 2 aromatic heterocycles. The van der Waals surface area contributed by atoms with E-state index >= 15 is 0 Å². The van der Waals surface area contributed by atoms with Gasteiger partial charge in [-0.15, -0.1) is 0 Å². The number of amides is 2. The highest BCUT2D eigenvalue weighted by Crippen LogP contribution is 2.33. The van der Waals surface area contributed by atoms with Crippen molar-refractivity contribution in [2.24, 2.45) is 7.05 Å². The van der Waals surface area contributed by atoms with E-state index in [-0.39, 0.29) is 24.6 Å². The van der Waals surface area contributed by atoms with Gasteiger partial charge in [-0.3, -0.25) is 19.1 Å². The third-order valence-electron chi connectivity index (χ3n) is 6.64. The van der Waals surface area contributed by atoms with Gasteiger partial charge in [-0.2, -0.15) is 0 Å². The first-order chi connectivity index (χ1) is 18.7. The van der Waals surface area contributed by atoms with Gasteiger partial charge in [0.05, 0.1) is 12.1 Å². The van der Waals surface area contributed by atoms with Gasteiger partial charge in [0, 0.05) is 42.4 Å². The van der Waals surface area contributed by atoms with Crippen LogP contribution < -0.4 is 16.2 Å². The molecule has 0 atom stereocenters. The molecule has 0 bridgehead atoms. The van der Waals surface area contributed by atoms with Crippen molar-refractivity contribution in [3.8, 4) is 0 Å². The van der Waals surface area contributed by atoms with Crippen LogP contribution in [0, 0.1) is 18.6 Å². The predicted octanol–water partition coefficient (Wildman–Crippen LogP) is 4.09. The molecule has 0 radical (unpaired) electrons. The Bertz CT molecular complexity index is 1710. The third kappa shape index (κ3) is 5.08. The molecule has 4 aromatic rings. The minimum atomic E-state index is -1.00. The van der Waals surface area contributed by atoms with Gasteiger partial charge in [-0.25, -0.2) is 13.5 Å². The summed E-state index contributed by atoms with van der Waals surface area (Å²) in [5, 5.41) is 5.59. The number of H-pyrrole nitrogens is 1. The first-order valence-corrected chi connectivity index (χ1v) is 12.2. The van der Waals surface area contributed by atoms with E-state index < -0.39 is 23.1 Å². The Morgan fingerprint density at radius 3 is 2.64 bits per heavy atom. The van der Waals surface area contributed by atoms with Crippen LogP contribution in [0.1, 0.15) is 38.4 Å². The molecular formula is C29H25F2N5O3. The van der Waals surface area contributed by atoms with Crippen molar-refractivity contribution in [2.45, 2.75) is 13.5 Å². The summed E-state index contributed by atoms with van der Waals surface area (Å²) in [5.74, 6) is -2.69. The van der Waals surface area contributed by atoms with E-state index in [0.29, 0.717) is 22.5 Å². The van der Waals surface area contributed by atoms with E-state index in [9.17, 15) is 23.2 Å². The Hall–Kier alpha value is -4.99. The van der Waals surface area contributed by atoms with Crippen LogP contribution in [0.15, 0.2) is 65.6 Å². The average molecular weight is 530 g/mol. The molecule has 0 unspecified atom stereocenters. The number of hydrogen-bond acceptors (Lipinski definition) is 3. The monoisotopic (exact) mass is 529 g/mol. The van der Waals surface area contributed by atoms with Crippen molar-refractivity contribution >= 4 is 35.2 Å². The molecule has 0 fully saturated rings. The summed E-state index contributed by atoms with van der Waals surface area (Å²) in [5.41, 5.74) is 4.03. The number of rotatable bonds is 7. The van der Waals surface area contributed by atoms with E-state index in [1.54, 1.807) is 38.4 Å². The highest BCUT2D eigenvalue weighted by Gasteiger charge is 2.24. The second kappa shape index (κ2) is 10.4. The molecule has 0 saturated heterocycles. The summed E-state index contributed by atoms with van der Waals surface area (Å²) in [6.07, 6.45) is 7.13. The molecule has 0 saturated carbocycles. The lowest BCUT2D eigenvalue weighted by molar-refractivity contribution is -0.110. The van der Waals surface area contributed by atoms with Crippen molar-refractivity contribution < 1.29 is 18.4 Å². The third-order valence-corrected chi connectivity index (χ3v) is 6.64. The Kier molecular flexibility index (Phi) is 6.84. The molecule has 5 rings (SSSR count). The maximum absolute atomic E-state index is 13.6. The maximum atomic E-state index is 13.6.